The second-order valence-corrected chi connectivity index (χ2v) is 7.59. The highest BCUT2D eigenvalue weighted by Gasteiger charge is 2.28. The van der Waals surface area contributed by atoms with Crippen LogP contribution < -0.4 is 10.1 Å². The van der Waals surface area contributed by atoms with E-state index in [9.17, 15) is 4.79 Å². The molecule has 0 saturated heterocycles. The summed E-state index contributed by atoms with van der Waals surface area (Å²) >= 11 is 0. The van der Waals surface area contributed by atoms with Gasteiger partial charge in [-0.15, -0.1) is 0 Å². The average molecular weight is 391 g/mol. The molecule has 0 aromatic heterocycles. The zero-order valence-electron chi connectivity index (χ0n) is 17.9. The fourth-order valence-electron chi connectivity index (χ4n) is 3.96. The zero-order chi connectivity index (χ0) is 20.2. The highest BCUT2D eigenvalue weighted by molar-refractivity contribution is 5.94. The Bertz CT molecular complexity index is 561. The van der Waals surface area contributed by atoms with Crippen LogP contribution in [0.3, 0.4) is 0 Å². The van der Waals surface area contributed by atoms with Gasteiger partial charge >= 0.3 is 0 Å². The van der Waals surface area contributed by atoms with Gasteiger partial charge in [0.1, 0.15) is 12.4 Å². The van der Waals surface area contributed by atoms with Crippen LogP contribution >= 0.6 is 0 Å². The molecule has 0 radical (unpaired) electrons. The summed E-state index contributed by atoms with van der Waals surface area (Å²) in [4.78, 5) is 15.3. The van der Waals surface area contributed by atoms with Crippen LogP contribution in [-0.4, -0.2) is 56.3 Å². The van der Waals surface area contributed by atoms with Crippen molar-refractivity contribution >= 4 is 5.91 Å². The minimum Gasteiger partial charge on any atom is -0.491 e. The Hall–Kier alpha value is -1.59. The van der Waals surface area contributed by atoms with Crippen LogP contribution in [0, 0.1) is 5.92 Å². The molecule has 0 spiro atoms. The highest BCUT2D eigenvalue weighted by Crippen LogP contribution is 2.26. The predicted octanol–water partition coefficient (Wildman–Crippen LogP) is 4.12. The molecule has 1 saturated carbocycles. The number of rotatable bonds is 12. The van der Waals surface area contributed by atoms with E-state index in [0.29, 0.717) is 31.3 Å². The summed E-state index contributed by atoms with van der Waals surface area (Å²) in [5, 5.41) is 3.31. The monoisotopic (exact) mass is 390 g/mol. The van der Waals surface area contributed by atoms with Crippen LogP contribution in [0.4, 0.5) is 0 Å². The van der Waals surface area contributed by atoms with Crippen LogP contribution in [0.15, 0.2) is 24.3 Å². The molecule has 0 aliphatic heterocycles. The van der Waals surface area contributed by atoms with Crippen molar-refractivity contribution in [3.8, 4) is 5.75 Å². The number of nitrogens with one attached hydrogen (secondary N) is 1. The van der Waals surface area contributed by atoms with Gasteiger partial charge in [-0.2, -0.15) is 0 Å². The lowest BCUT2D eigenvalue weighted by atomic mass is 9.84. The van der Waals surface area contributed by atoms with E-state index in [0.717, 1.165) is 31.8 Å². The standard InChI is InChI=1S/C23H38N2O3/c1-4-15-25(5-2)18-20-9-7-8-10-22(20)24-23(26)19-11-13-21(14-12-19)28-17-16-27-6-3/h11-14,20,22H,4-10,15-18H2,1-3H3,(H,24,26). The fourth-order valence-corrected chi connectivity index (χ4v) is 3.96. The summed E-state index contributed by atoms with van der Waals surface area (Å²) in [5.74, 6) is 1.34. The lowest BCUT2D eigenvalue weighted by Gasteiger charge is -2.35. The Morgan fingerprint density at radius 3 is 2.54 bits per heavy atom. The van der Waals surface area contributed by atoms with E-state index in [4.69, 9.17) is 9.47 Å². The Labute approximate surface area is 170 Å². The van der Waals surface area contributed by atoms with Crippen molar-refractivity contribution in [3.05, 3.63) is 29.8 Å². The first-order valence-electron chi connectivity index (χ1n) is 11.0. The predicted molar refractivity (Wildman–Crippen MR) is 114 cm³/mol. The zero-order valence-corrected chi connectivity index (χ0v) is 17.9. The van der Waals surface area contributed by atoms with Crippen molar-refractivity contribution in [2.75, 3.05) is 39.5 Å². The van der Waals surface area contributed by atoms with Crippen molar-refractivity contribution in [3.63, 3.8) is 0 Å². The summed E-state index contributed by atoms with van der Waals surface area (Å²) in [6, 6.07) is 7.68. The largest absolute Gasteiger partial charge is 0.491 e. The third-order valence-corrected chi connectivity index (χ3v) is 5.52. The molecule has 5 heteroatoms. The van der Waals surface area contributed by atoms with Crippen LogP contribution in [0.1, 0.15) is 63.2 Å². The maximum absolute atomic E-state index is 12.8. The first-order chi connectivity index (χ1) is 13.7. The van der Waals surface area contributed by atoms with E-state index in [1.807, 2.05) is 31.2 Å². The van der Waals surface area contributed by atoms with Gasteiger partial charge in [-0.25, -0.2) is 0 Å². The molecule has 2 atom stereocenters. The Balaban J connectivity index is 1.88. The van der Waals surface area contributed by atoms with Crippen molar-refractivity contribution in [1.82, 2.24) is 10.2 Å². The Morgan fingerprint density at radius 1 is 1.11 bits per heavy atom. The van der Waals surface area contributed by atoms with Crippen LogP contribution in [0.5, 0.6) is 5.75 Å². The molecule has 0 bridgehead atoms. The molecule has 1 N–H and O–H groups in total. The molecule has 1 aromatic rings. The Morgan fingerprint density at radius 2 is 1.86 bits per heavy atom. The molecule has 2 rings (SSSR count). The molecule has 158 valence electrons. The number of ether oxygens (including phenoxy) is 2. The molecule has 1 aliphatic rings. The first kappa shape index (κ1) is 22.7. The van der Waals surface area contributed by atoms with Gasteiger partial charge < -0.3 is 19.7 Å². The third kappa shape index (κ3) is 7.44. The average Bonchev–Trinajstić information content (AvgIpc) is 2.72. The molecular weight excluding hydrogens is 352 g/mol. The fraction of sp³-hybridized carbons (Fsp3) is 0.696. The van der Waals surface area contributed by atoms with E-state index in [1.54, 1.807) is 0 Å². The quantitative estimate of drug-likeness (QED) is 0.546. The number of nitrogens with zero attached hydrogens (tertiary/aromatic N) is 1. The molecule has 5 nitrogen and oxygen atoms in total. The molecule has 1 amide bonds. The van der Waals surface area contributed by atoms with Crippen LogP contribution in [0.25, 0.3) is 0 Å². The molecule has 1 aromatic carbocycles. The summed E-state index contributed by atoms with van der Waals surface area (Å²) in [7, 11) is 0. The SMILES string of the molecule is CCCN(CC)CC1CCCCC1NC(=O)c1ccc(OCCOCC)cc1. The second kappa shape index (κ2) is 12.8. The van der Waals surface area contributed by atoms with Crippen molar-refractivity contribution in [1.29, 1.82) is 0 Å². The van der Waals surface area contributed by atoms with Gasteiger partial charge in [0.2, 0.25) is 0 Å². The van der Waals surface area contributed by atoms with Gasteiger partial charge in [-0.1, -0.05) is 26.7 Å². The van der Waals surface area contributed by atoms with Crippen LogP contribution in [0.2, 0.25) is 0 Å². The van der Waals surface area contributed by atoms with Gasteiger partial charge in [0.05, 0.1) is 6.61 Å². The highest BCUT2D eigenvalue weighted by atomic mass is 16.5. The Kier molecular flexibility index (Phi) is 10.4. The third-order valence-electron chi connectivity index (χ3n) is 5.52. The molecule has 28 heavy (non-hydrogen) atoms. The van der Waals surface area contributed by atoms with Gasteiger partial charge in [-0.3, -0.25) is 4.79 Å². The van der Waals surface area contributed by atoms with Crippen molar-refractivity contribution in [2.24, 2.45) is 5.92 Å². The molecule has 0 heterocycles. The number of amides is 1. The number of hydrogen-bond donors (Lipinski definition) is 1. The maximum atomic E-state index is 12.8. The number of carbonyl (C=O) groups excluding carboxylic acids is 1. The minimum atomic E-state index is 0.0244. The normalized spacial score (nSPS) is 19.6. The smallest absolute Gasteiger partial charge is 0.251 e. The number of hydrogen-bond acceptors (Lipinski definition) is 4. The van der Waals surface area contributed by atoms with E-state index in [2.05, 4.69) is 24.1 Å². The van der Waals surface area contributed by atoms with E-state index in [-0.39, 0.29) is 11.9 Å². The van der Waals surface area contributed by atoms with E-state index < -0.39 is 0 Å². The van der Waals surface area contributed by atoms with Gasteiger partial charge in [0.25, 0.3) is 5.91 Å². The van der Waals surface area contributed by atoms with E-state index >= 15 is 0 Å². The molecule has 2 unspecified atom stereocenters. The van der Waals surface area contributed by atoms with Crippen LogP contribution in [-0.2, 0) is 4.74 Å². The maximum Gasteiger partial charge on any atom is 0.251 e. The lowest BCUT2D eigenvalue weighted by molar-refractivity contribution is 0.0886. The van der Waals surface area contributed by atoms with Gasteiger partial charge in [0.15, 0.2) is 0 Å². The van der Waals surface area contributed by atoms with Crippen molar-refractivity contribution in [2.45, 2.75) is 58.9 Å². The van der Waals surface area contributed by atoms with Gasteiger partial charge in [0, 0.05) is 24.8 Å². The summed E-state index contributed by atoms with van der Waals surface area (Å²) < 4.78 is 10.9. The van der Waals surface area contributed by atoms with E-state index in [1.165, 1.54) is 25.7 Å². The summed E-state index contributed by atoms with van der Waals surface area (Å²) in [6.45, 7) is 11.5. The summed E-state index contributed by atoms with van der Waals surface area (Å²) in [6.07, 6.45) is 5.94. The number of carbonyl (C=O) groups is 1. The van der Waals surface area contributed by atoms with Crippen molar-refractivity contribution < 1.29 is 14.3 Å². The summed E-state index contributed by atoms with van der Waals surface area (Å²) in [5.41, 5.74) is 0.697. The second-order valence-electron chi connectivity index (χ2n) is 7.59. The first-order valence-corrected chi connectivity index (χ1v) is 11.0. The minimum absolute atomic E-state index is 0.0244. The number of benzene rings is 1. The molecule has 1 fully saturated rings. The lowest BCUT2D eigenvalue weighted by Crippen LogP contribution is -2.46. The molecule has 1 aliphatic carbocycles. The molecular formula is C23H38N2O3. The topological polar surface area (TPSA) is 50.8 Å². The van der Waals surface area contributed by atoms with Gasteiger partial charge in [-0.05, 0) is 69.5 Å².